The van der Waals surface area contributed by atoms with E-state index in [1.165, 1.54) is 12.0 Å². The number of likely N-dealkylation sites (tertiary alicyclic amines) is 1. The number of piperidine rings is 1. The van der Waals surface area contributed by atoms with Crippen molar-refractivity contribution >= 4 is 5.96 Å². The van der Waals surface area contributed by atoms with Crippen molar-refractivity contribution in [3.63, 3.8) is 0 Å². The Bertz CT molecular complexity index is 691. The van der Waals surface area contributed by atoms with Crippen LogP contribution < -0.4 is 5.32 Å². The Morgan fingerprint density at radius 1 is 1.28 bits per heavy atom. The summed E-state index contributed by atoms with van der Waals surface area (Å²) in [6, 6.07) is 12.9. The van der Waals surface area contributed by atoms with Crippen molar-refractivity contribution in [2.75, 3.05) is 19.6 Å². The van der Waals surface area contributed by atoms with E-state index in [9.17, 15) is 0 Å². The summed E-state index contributed by atoms with van der Waals surface area (Å²) in [5, 5.41) is 7.68. The van der Waals surface area contributed by atoms with E-state index in [1.807, 2.05) is 24.0 Å². The maximum absolute atomic E-state index is 4.84. The number of rotatable bonds is 4. The van der Waals surface area contributed by atoms with Crippen molar-refractivity contribution in [2.45, 2.75) is 32.7 Å². The van der Waals surface area contributed by atoms with E-state index in [1.54, 1.807) is 0 Å². The predicted octanol–water partition coefficient (Wildman–Crippen LogP) is 3.01. The highest BCUT2D eigenvalue weighted by Gasteiger charge is 2.28. The Morgan fingerprint density at radius 2 is 2.08 bits per heavy atom. The van der Waals surface area contributed by atoms with Crippen molar-refractivity contribution in [1.82, 2.24) is 20.0 Å². The maximum atomic E-state index is 4.84. The minimum Gasteiger partial charge on any atom is -0.357 e. The SMILES string of the molecule is CCNC(=NCc1ccnn1C)N1CCC(c2ccccc2)C(C)C1. The zero-order valence-corrected chi connectivity index (χ0v) is 15.5. The van der Waals surface area contributed by atoms with Crippen LogP contribution in [0.15, 0.2) is 47.6 Å². The van der Waals surface area contributed by atoms with Crippen LogP contribution in [0.25, 0.3) is 0 Å². The van der Waals surface area contributed by atoms with Gasteiger partial charge >= 0.3 is 0 Å². The molecule has 0 radical (unpaired) electrons. The van der Waals surface area contributed by atoms with Crippen LogP contribution in [0, 0.1) is 5.92 Å². The number of aliphatic imine (C=N–C) groups is 1. The first kappa shape index (κ1) is 17.5. The summed E-state index contributed by atoms with van der Waals surface area (Å²) in [6.45, 7) is 8.11. The number of aromatic nitrogens is 2. The lowest BCUT2D eigenvalue weighted by Gasteiger charge is -2.39. The second-order valence-corrected chi connectivity index (χ2v) is 6.85. The third-order valence-electron chi connectivity index (χ3n) is 5.08. The molecule has 5 heteroatoms. The van der Waals surface area contributed by atoms with Gasteiger partial charge in [-0.3, -0.25) is 4.68 Å². The van der Waals surface area contributed by atoms with Crippen molar-refractivity contribution < 1.29 is 0 Å². The Balaban J connectivity index is 1.68. The first-order valence-corrected chi connectivity index (χ1v) is 9.24. The van der Waals surface area contributed by atoms with E-state index < -0.39 is 0 Å². The molecule has 1 saturated heterocycles. The molecule has 5 nitrogen and oxygen atoms in total. The lowest BCUT2D eigenvalue weighted by atomic mass is 9.82. The van der Waals surface area contributed by atoms with Crippen LogP contribution in [0.5, 0.6) is 0 Å². The molecule has 2 atom stereocenters. The summed E-state index contributed by atoms with van der Waals surface area (Å²) in [6.07, 6.45) is 2.99. The molecular weight excluding hydrogens is 310 g/mol. The second-order valence-electron chi connectivity index (χ2n) is 6.85. The summed E-state index contributed by atoms with van der Waals surface area (Å²) in [5.74, 6) is 2.26. The van der Waals surface area contributed by atoms with Gasteiger partial charge in [-0.15, -0.1) is 0 Å². The van der Waals surface area contributed by atoms with Crippen LogP contribution >= 0.6 is 0 Å². The third kappa shape index (κ3) is 4.21. The number of benzene rings is 1. The Morgan fingerprint density at radius 3 is 2.72 bits per heavy atom. The smallest absolute Gasteiger partial charge is 0.194 e. The van der Waals surface area contributed by atoms with Gasteiger partial charge in [-0.2, -0.15) is 5.10 Å². The second kappa shape index (κ2) is 8.19. The molecule has 1 aliphatic rings. The zero-order chi connectivity index (χ0) is 17.6. The van der Waals surface area contributed by atoms with Crippen molar-refractivity contribution in [2.24, 2.45) is 18.0 Å². The standard InChI is InChI=1S/C20H29N5/c1-4-21-20(22-14-18-10-12-23-24(18)3)25-13-11-19(16(2)15-25)17-8-6-5-7-9-17/h5-10,12,16,19H,4,11,13-15H2,1-3H3,(H,21,22). The van der Waals surface area contributed by atoms with Gasteiger partial charge in [0.15, 0.2) is 5.96 Å². The van der Waals surface area contributed by atoms with Gasteiger partial charge in [0.2, 0.25) is 0 Å². The summed E-state index contributed by atoms with van der Waals surface area (Å²) in [4.78, 5) is 7.25. The minimum atomic E-state index is 0.608. The number of nitrogens with one attached hydrogen (secondary N) is 1. The number of hydrogen-bond acceptors (Lipinski definition) is 2. The Labute approximate surface area is 150 Å². The van der Waals surface area contributed by atoms with E-state index >= 15 is 0 Å². The molecule has 3 rings (SSSR count). The van der Waals surface area contributed by atoms with Crippen molar-refractivity contribution in [3.8, 4) is 0 Å². The predicted molar refractivity (Wildman–Crippen MR) is 103 cm³/mol. The topological polar surface area (TPSA) is 45.5 Å². The average Bonchev–Trinajstić information content (AvgIpc) is 3.04. The van der Waals surface area contributed by atoms with Crippen LogP contribution in [-0.2, 0) is 13.6 Å². The molecule has 2 aromatic rings. The molecule has 2 heterocycles. The Hall–Kier alpha value is -2.30. The van der Waals surface area contributed by atoms with E-state index in [0.29, 0.717) is 18.4 Å². The van der Waals surface area contributed by atoms with E-state index in [-0.39, 0.29) is 0 Å². The highest BCUT2D eigenvalue weighted by molar-refractivity contribution is 5.80. The molecule has 1 aromatic heterocycles. The monoisotopic (exact) mass is 339 g/mol. The molecule has 0 spiro atoms. The van der Waals surface area contributed by atoms with Gasteiger partial charge in [0.05, 0.1) is 12.2 Å². The molecule has 1 aromatic carbocycles. The first-order chi connectivity index (χ1) is 12.2. The molecule has 0 bridgehead atoms. The van der Waals surface area contributed by atoms with Gasteiger partial charge in [-0.05, 0) is 36.8 Å². The van der Waals surface area contributed by atoms with Gasteiger partial charge in [0, 0.05) is 32.9 Å². The zero-order valence-electron chi connectivity index (χ0n) is 15.5. The molecule has 0 saturated carbocycles. The maximum Gasteiger partial charge on any atom is 0.194 e. The van der Waals surface area contributed by atoms with Crippen LogP contribution in [0.3, 0.4) is 0 Å². The molecule has 134 valence electrons. The summed E-state index contributed by atoms with van der Waals surface area (Å²) < 4.78 is 1.89. The molecule has 0 aliphatic carbocycles. The van der Waals surface area contributed by atoms with Crippen LogP contribution in [0.1, 0.15) is 37.4 Å². The molecule has 1 fully saturated rings. The highest BCUT2D eigenvalue weighted by atomic mass is 15.3. The highest BCUT2D eigenvalue weighted by Crippen LogP contribution is 2.32. The van der Waals surface area contributed by atoms with Crippen molar-refractivity contribution in [1.29, 1.82) is 0 Å². The van der Waals surface area contributed by atoms with Crippen LogP contribution in [0.2, 0.25) is 0 Å². The summed E-state index contributed by atoms with van der Waals surface area (Å²) in [5.41, 5.74) is 2.59. The van der Waals surface area contributed by atoms with Crippen LogP contribution in [-0.4, -0.2) is 40.3 Å². The quantitative estimate of drug-likeness (QED) is 0.688. The fraction of sp³-hybridized carbons (Fsp3) is 0.500. The fourth-order valence-electron chi connectivity index (χ4n) is 3.67. The van der Waals surface area contributed by atoms with Crippen LogP contribution in [0.4, 0.5) is 0 Å². The normalized spacial score (nSPS) is 21.4. The van der Waals surface area contributed by atoms with Gasteiger partial charge < -0.3 is 10.2 Å². The lowest BCUT2D eigenvalue weighted by Crippen LogP contribution is -2.48. The Kier molecular flexibility index (Phi) is 5.74. The number of nitrogens with zero attached hydrogens (tertiary/aromatic N) is 4. The number of aryl methyl sites for hydroxylation is 1. The molecule has 2 unspecified atom stereocenters. The summed E-state index contributed by atoms with van der Waals surface area (Å²) in [7, 11) is 1.96. The third-order valence-corrected chi connectivity index (χ3v) is 5.08. The molecule has 25 heavy (non-hydrogen) atoms. The van der Waals surface area contributed by atoms with Crippen molar-refractivity contribution in [3.05, 3.63) is 53.9 Å². The van der Waals surface area contributed by atoms with E-state index in [4.69, 9.17) is 4.99 Å². The molecule has 1 N–H and O–H groups in total. The number of guanidine groups is 1. The molecule has 1 aliphatic heterocycles. The van der Waals surface area contributed by atoms with Gasteiger partial charge in [-0.25, -0.2) is 4.99 Å². The molecular formula is C20H29N5. The fourth-order valence-corrected chi connectivity index (χ4v) is 3.67. The van der Waals surface area contributed by atoms with E-state index in [0.717, 1.165) is 31.3 Å². The first-order valence-electron chi connectivity index (χ1n) is 9.24. The average molecular weight is 339 g/mol. The van der Waals surface area contributed by atoms with Gasteiger partial charge in [-0.1, -0.05) is 37.3 Å². The lowest BCUT2D eigenvalue weighted by molar-refractivity contribution is 0.234. The van der Waals surface area contributed by atoms with Gasteiger partial charge in [0.25, 0.3) is 0 Å². The largest absolute Gasteiger partial charge is 0.357 e. The molecule has 0 amide bonds. The number of hydrogen-bond donors (Lipinski definition) is 1. The minimum absolute atomic E-state index is 0.608. The summed E-state index contributed by atoms with van der Waals surface area (Å²) >= 11 is 0. The van der Waals surface area contributed by atoms with Gasteiger partial charge in [0.1, 0.15) is 0 Å². The van der Waals surface area contributed by atoms with E-state index in [2.05, 4.69) is 59.5 Å².